The van der Waals surface area contributed by atoms with Crippen LogP contribution in [0.25, 0.3) is 0 Å². The van der Waals surface area contributed by atoms with Gasteiger partial charge in [0.1, 0.15) is 6.04 Å². The number of hydrogen-bond donors (Lipinski definition) is 1. The quantitative estimate of drug-likeness (QED) is 0.796. The molecule has 1 atom stereocenters. The minimum Gasteiger partial charge on any atom is -0.354 e. The van der Waals surface area contributed by atoms with E-state index in [1.165, 1.54) is 0 Å². The van der Waals surface area contributed by atoms with Gasteiger partial charge in [0.25, 0.3) is 0 Å². The first kappa shape index (κ1) is 14.4. The molecule has 0 amide bonds. The second-order valence-electron chi connectivity index (χ2n) is 4.02. The molecular formula is C11H20ClN3O2. The summed E-state index contributed by atoms with van der Waals surface area (Å²) in [4.78, 5) is 0. The second kappa shape index (κ2) is 6.35. The van der Waals surface area contributed by atoms with Gasteiger partial charge in [-0.3, -0.25) is 4.68 Å². The number of nitrogens with zero attached hydrogens (tertiary/aromatic N) is 2. The average molecular weight is 262 g/mol. The van der Waals surface area contributed by atoms with Crippen LogP contribution >= 0.6 is 11.6 Å². The van der Waals surface area contributed by atoms with Gasteiger partial charge in [0.05, 0.1) is 16.9 Å². The third kappa shape index (κ3) is 2.98. The molecule has 6 heteroatoms. The summed E-state index contributed by atoms with van der Waals surface area (Å²) in [6.45, 7) is 4.10. The Morgan fingerprint density at radius 3 is 2.35 bits per heavy atom. The number of likely N-dealkylation sites (N-methyl/N-ethyl adjacent to an activating group) is 1. The van der Waals surface area contributed by atoms with Gasteiger partial charge in [-0.25, -0.2) is 0 Å². The van der Waals surface area contributed by atoms with Gasteiger partial charge in [-0.05, 0) is 20.9 Å². The van der Waals surface area contributed by atoms with E-state index in [9.17, 15) is 0 Å². The summed E-state index contributed by atoms with van der Waals surface area (Å²) in [7, 11) is 5.04. The highest BCUT2D eigenvalue weighted by Gasteiger charge is 2.28. The van der Waals surface area contributed by atoms with Crippen LogP contribution in [-0.2, 0) is 9.47 Å². The van der Waals surface area contributed by atoms with Crippen LogP contribution in [0.3, 0.4) is 0 Å². The van der Waals surface area contributed by atoms with Crippen molar-refractivity contribution in [3.05, 3.63) is 16.9 Å². The van der Waals surface area contributed by atoms with Crippen molar-refractivity contribution in [1.82, 2.24) is 15.1 Å². The standard InChI is InChI=1S/C11H20ClN3O2/c1-7(2)15-10(8(12)6-14-15)9(13-3)11(16-4)17-5/h6-7,9,11,13H,1-5H3. The van der Waals surface area contributed by atoms with Gasteiger partial charge < -0.3 is 14.8 Å². The van der Waals surface area contributed by atoms with Gasteiger partial charge in [-0.1, -0.05) is 11.6 Å². The molecule has 0 spiro atoms. The highest BCUT2D eigenvalue weighted by molar-refractivity contribution is 6.31. The molecule has 1 N–H and O–H groups in total. The summed E-state index contributed by atoms with van der Waals surface area (Å²) in [5.41, 5.74) is 0.873. The van der Waals surface area contributed by atoms with E-state index in [2.05, 4.69) is 10.4 Å². The highest BCUT2D eigenvalue weighted by Crippen LogP contribution is 2.28. The van der Waals surface area contributed by atoms with Crippen molar-refractivity contribution in [3.63, 3.8) is 0 Å². The fourth-order valence-electron chi connectivity index (χ4n) is 1.82. The molecule has 17 heavy (non-hydrogen) atoms. The molecule has 1 aromatic heterocycles. The molecule has 5 nitrogen and oxygen atoms in total. The van der Waals surface area contributed by atoms with E-state index < -0.39 is 6.29 Å². The number of rotatable bonds is 6. The Morgan fingerprint density at radius 2 is 1.94 bits per heavy atom. The molecule has 0 saturated heterocycles. The summed E-state index contributed by atoms with van der Waals surface area (Å²) >= 11 is 6.19. The van der Waals surface area contributed by atoms with Gasteiger partial charge in [0.15, 0.2) is 6.29 Å². The minimum atomic E-state index is -0.410. The Bertz CT molecular complexity index is 350. The first-order valence-electron chi connectivity index (χ1n) is 5.52. The summed E-state index contributed by atoms with van der Waals surface area (Å²) in [5, 5.41) is 8.02. The Morgan fingerprint density at radius 1 is 1.35 bits per heavy atom. The lowest BCUT2D eigenvalue weighted by atomic mass is 10.2. The van der Waals surface area contributed by atoms with Crippen LogP contribution in [0.15, 0.2) is 6.20 Å². The first-order chi connectivity index (χ1) is 8.06. The molecule has 0 bridgehead atoms. The monoisotopic (exact) mass is 261 g/mol. The van der Waals surface area contributed by atoms with E-state index >= 15 is 0 Å². The highest BCUT2D eigenvalue weighted by atomic mass is 35.5. The van der Waals surface area contributed by atoms with Gasteiger partial charge in [0, 0.05) is 20.3 Å². The summed E-state index contributed by atoms with van der Waals surface area (Å²) in [6, 6.07) is 0.0603. The van der Waals surface area contributed by atoms with Gasteiger partial charge in [-0.15, -0.1) is 0 Å². The molecule has 1 unspecified atom stereocenters. The lowest BCUT2D eigenvalue weighted by Gasteiger charge is -2.26. The molecular weight excluding hydrogens is 242 g/mol. The second-order valence-corrected chi connectivity index (χ2v) is 4.43. The normalized spacial score (nSPS) is 13.6. The van der Waals surface area contributed by atoms with Crippen molar-refractivity contribution in [2.45, 2.75) is 32.2 Å². The zero-order chi connectivity index (χ0) is 13.0. The number of aromatic nitrogens is 2. The molecule has 1 heterocycles. The first-order valence-corrected chi connectivity index (χ1v) is 5.90. The zero-order valence-electron chi connectivity index (χ0n) is 10.9. The Kier molecular flexibility index (Phi) is 5.39. The number of nitrogens with one attached hydrogen (secondary N) is 1. The number of halogens is 1. The summed E-state index contributed by atoms with van der Waals surface area (Å²) in [6.07, 6.45) is 1.23. The molecule has 0 aliphatic carbocycles. The molecule has 0 aromatic carbocycles. The minimum absolute atomic E-state index is 0.164. The van der Waals surface area contributed by atoms with Crippen molar-refractivity contribution in [3.8, 4) is 0 Å². The van der Waals surface area contributed by atoms with Crippen LogP contribution in [-0.4, -0.2) is 37.3 Å². The van der Waals surface area contributed by atoms with E-state index in [1.807, 2.05) is 25.6 Å². The summed E-state index contributed by atoms with van der Waals surface area (Å²) in [5.74, 6) is 0. The van der Waals surface area contributed by atoms with Crippen LogP contribution < -0.4 is 5.32 Å². The topological polar surface area (TPSA) is 48.3 Å². The van der Waals surface area contributed by atoms with Gasteiger partial charge >= 0.3 is 0 Å². The van der Waals surface area contributed by atoms with Crippen LogP contribution in [0.2, 0.25) is 5.02 Å². The molecule has 0 aliphatic heterocycles. The summed E-state index contributed by atoms with van der Waals surface area (Å²) < 4.78 is 12.4. The lowest BCUT2D eigenvalue weighted by Crippen LogP contribution is -2.34. The largest absolute Gasteiger partial charge is 0.354 e. The Labute approximate surface area is 107 Å². The van der Waals surface area contributed by atoms with Crippen LogP contribution in [0.5, 0.6) is 0 Å². The van der Waals surface area contributed by atoms with Crippen molar-refractivity contribution >= 4 is 11.6 Å². The molecule has 0 radical (unpaired) electrons. The van der Waals surface area contributed by atoms with E-state index in [4.69, 9.17) is 21.1 Å². The smallest absolute Gasteiger partial charge is 0.177 e. The molecule has 0 fully saturated rings. The average Bonchev–Trinajstić information content (AvgIpc) is 2.68. The fourth-order valence-corrected chi connectivity index (χ4v) is 2.07. The molecule has 98 valence electrons. The van der Waals surface area contributed by atoms with Gasteiger partial charge in [-0.2, -0.15) is 5.10 Å². The lowest BCUT2D eigenvalue weighted by molar-refractivity contribution is -0.124. The zero-order valence-corrected chi connectivity index (χ0v) is 11.7. The maximum Gasteiger partial charge on any atom is 0.177 e. The SMILES string of the molecule is CNC(c1c(Cl)cnn1C(C)C)C(OC)OC. The molecule has 1 rings (SSSR count). The van der Waals surface area contributed by atoms with Gasteiger partial charge in [0.2, 0.25) is 0 Å². The number of ether oxygens (including phenoxy) is 2. The molecule has 1 aromatic rings. The van der Waals surface area contributed by atoms with Crippen LogP contribution in [0, 0.1) is 0 Å². The van der Waals surface area contributed by atoms with E-state index in [1.54, 1.807) is 20.4 Å². The van der Waals surface area contributed by atoms with Crippen molar-refractivity contribution in [2.75, 3.05) is 21.3 Å². The van der Waals surface area contributed by atoms with Crippen molar-refractivity contribution in [1.29, 1.82) is 0 Å². The maximum absolute atomic E-state index is 6.19. The van der Waals surface area contributed by atoms with Crippen molar-refractivity contribution in [2.24, 2.45) is 0 Å². The van der Waals surface area contributed by atoms with E-state index in [-0.39, 0.29) is 12.1 Å². The van der Waals surface area contributed by atoms with Crippen LogP contribution in [0.4, 0.5) is 0 Å². The molecule has 0 saturated carbocycles. The fraction of sp³-hybridized carbons (Fsp3) is 0.727. The maximum atomic E-state index is 6.19. The Balaban J connectivity index is 3.14. The van der Waals surface area contributed by atoms with E-state index in [0.29, 0.717) is 5.02 Å². The Hall–Kier alpha value is -0.620. The predicted octanol–water partition coefficient (Wildman–Crippen LogP) is 2.00. The third-order valence-corrected chi connectivity index (χ3v) is 2.91. The van der Waals surface area contributed by atoms with Crippen molar-refractivity contribution < 1.29 is 9.47 Å². The van der Waals surface area contributed by atoms with Crippen LogP contribution in [0.1, 0.15) is 31.6 Å². The number of methoxy groups -OCH3 is 2. The third-order valence-electron chi connectivity index (χ3n) is 2.62. The van der Waals surface area contributed by atoms with E-state index in [0.717, 1.165) is 5.69 Å². The molecule has 0 aliphatic rings. The number of hydrogen-bond acceptors (Lipinski definition) is 4. The predicted molar refractivity (Wildman–Crippen MR) is 67.2 cm³/mol.